The molecule has 1 aromatic rings. The van der Waals surface area contributed by atoms with E-state index in [-0.39, 0.29) is 17.9 Å². The van der Waals surface area contributed by atoms with Crippen LogP contribution in [0.25, 0.3) is 0 Å². The van der Waals surface area contributed by atoms with Crippen molar-refractivity contribution in [2.45, 2.75) is 26.8 Å². The van der Waals surface area contributed by atoms with Crippen molar-refractivity contribution >= 4 is 11.9 Å². The van der Waals surface area contributed by atoms with Crippen LogP contribution in [0.1, 0.15) is 28.2 Å². The Kier molecular flexibility index (Phi) is 3.14. The van der Waals surface area contributed by atoms with Gasteiger partial charge >= 0.3 is 5.97 Å². The molecular formula is C10H14N2O3. The maximum atomic E-state index is 10.8. The minimum atomic E-state index is -0.951. The number of carboxylic acids is 1. The minimum Gasteiger partial charge on any atom is -0.478 e. The molecule has 5 heteroatoms. The molecule has 0 aromatic carbocycles. The SMILES string of the molecule is Cc1cc(C(=O)O)c(C)n1CCC(N)=O. The number of nitrogens with zero attached hydrogens (tertiary/aromatic N) is 1. The third-order valence-corrected chi connectivity index (χ3v) is 2.39. The second kappa shape index (κ2) is 4.16. The number of aromatic carboxylic acids is 1. The number of carbonyl (C=O) groups excluding carboxylic acids is 1. The van der Waals surface area contributed by atoms with Gasteiger partial charge in [-0.2, -0.15) is 0 Å². The smallest absolute Gasteiger partial charge is 0.337 e. The fraction of sp³-hybridized carbons (Fsp3) is 0.400. The van der Waals surface area contributed by atoms with E-state index in [4.69, 9.17) is 10.8 Å². The highest BCUT2D eigenvalue weighted by Gasteiger charge is 2.14. The number of aryl methyl sites for hydroxylation is 1. The minimum absolute atomic E-state index is 0.218. The van der Waals surface area contributed by atoms with Crippen molar-refractivity contribution in [3.63, 3.8) is 0 Å². The second-order valence-electron chi connectivity index (χ2n) is 3.46. The van der Waals surface area contributed by atoms with Gasteiger partial charge in [0.2, 0.25) is 5.91 Å². The van der Waals surface area contributed by atoms with E-state index >= 15 is 0 Å². The van der Waals surface area contributed by atoms with E-state index < -0.39 is 5.97 Å². The van der Waals surface area contributed by atoms with Crippen molar-refractivity contribution in [2.24, 2.45) is 5.73 Å². The van der Waals surface area contributed by atoms with Crippen LogP contribution in [-0.4, -0.2) is 21.6 Å². The lowest BCUT2D eigenvalue weighted by Crippen LogP contribution is -2.15. The average molecular weight is 210 g/mol. The lowest BCUT2D eigenvalue weighted by Gasteiger charge is -2.07. The lowest BCUT2D eigenvalue weighted by molar-refractivity contribution is -0.118. The summed E-state index contributed by atoms with van der Waals surface area (Å²) < 4.78 is 1.79. The summed E-state index contributed by atoms with van der Waals surface area (Å²) in [6.07, 6.45) is 0.218. The molecule has 1 heterocycles. The Balaban J connectivity index is 2.97. The van der Waals surface area contributed by atoms with E-state index in [1.54, 1.807) is 24.5 Å². The van der Waals surface area contributed by atoms with Gasteiger partial charge in [0, 0.05) is 24.4 Å². The standard InChI is InChI=1S/C10H14N2O3/c1-6-5-8(10(14)15)7(2)12(6)4-3-9(11)13/h5H,3-4H2,1-2H3,(H2,11,13)(H,14,15). The Morgan fingerprint density at radius 1 is 1.47 bits per heavy atom. The lowest BCUT2D eigenvalue weighted by atomic mass is 10.2. The molecule has 0 fully saturated rings. The summed E-state index contributed by atoms with van der Waals surface area (Å²) in [5.74, 6) is -1.34. The predicted molar refractivity (Wildman–Crippen MR) is 54.7 cm³/mol. The summed E-state index contributed by atoms with van der Waals surface area (Å²) in [5.41, 5.74) is 6.79. The van der Waals surface area contributed by atoms with E-state index in [9.17, 15) is 9.59 Å². The van der Waals surface area contributed by atoms with E-state index in [0.717, 1.165) is 5.69 Å². The van der Waals surface area contributed by atoms with Gasteiger partial charge in [-0.25, -0.2) is 4.79 Å². The molecule has 5 nitrogen and oxygen atoms in total. The number of carboxylic acid groups (broad SMARTS) is 1. The molecule has 0 saturated carbocycles. The predicted octanol–water partition coefficient (Wildman–Crippen LogP) is 0.679. The molecule has 0 saturated heterocycles. The van der Waals surface area contributed by atoms with Crippen LogP contribution in [-0.2, 0) is 11.3 Å². The summed E-state index contributed by atoms with van der Waals surface area (Å²) >= 11 is 0. The van der Waals surface area contributed by atoms with Crippen molar-refractivity contribution in [1.29, 1.82) is 0 Å². The zero-order valence-corrected chi connectivity index (χ0v) is 8.78. The third kappa shape index (κ3) is 2.37. The molecule has 0 spiro atoms. The van der Waals surface area contributed by atoms with Crippen LogP contribution in [0.3, 0.4) is 0 Å². The highest BCUT2D eigenvalue weighted by molar-refractivity contribution is 5.89. The van der Waals surface area contributed by atoms with Gasteiger partial charge in [-0.05, 0) is 19.9 Å². The fourth-order valence-electron chi connectivity index (χ4n) is 1.58. The molecule has 1 amide bonds. The van der Waals surface area contributed by atoms with Gasteiger partial charge < -0.3 is 15.4 Å². The summed E-state index contributed by atoms with van der Waals surface area (Å²) in [6.45, 7) is 3.96. The van der Waals surface area contributed by atoms with Crippen LogP contribution < -0.4 is 5.73 Å². The number of nitrogens with two attached hydrogens (primary N) is 1. The van der Waals surface area contributed by atoms with E-state index in [1.165, 1.54) is 0 Å². The van der Waals surface area contributed by atoms with Crippen LogP contribution in [0.5, 0.6) is 0 Å². The average Bonchev–Trinajstić information content (AvgIpc) is 2.39. The molecule has 0 radical (unpaired) electrons. The Labute approximate surface area is 87.5 Å². The van der Waals surface area contributed by atoms with Crippen LogP contribution >= 0.6 is 0 Å². The molecule has 1 rings (SSSR count). The van der Waals surface area contributed by atoms with Crippen molar-refractivity contribution in [2.75, 3.05) is 0 Å². The van der Waals surface area contributed by atoms with E-state index in [1.807, 2.05) is 0 Å². The molecule has 0 bridgehead atoms. The molecule has 0 atom stereocenters. The summed E-state index contributed by atoms with van der Waals surface area (Å²) in [7, 11) is 0. The first-order chi connectivity index (χ1) is 6.93. The van der Waals surface area contributed by atoms with Gasteiger partial charge in [-0.1, -0.05) is 0 Å². The largest absolute Gasteiger partial charge is 0.478 e. The van der Waals surface area contributed by atoms with Crippen molar-refractivity contribution in [3.8, 4) is 0 Å². The Morgan fingerprint density at radius 3 is 2.47 bits per heavy atom. The van der Waals surface area contributed by atoms with Crippen LogP contribution in [0.15, 0.2) is 6.07 Å². The van der Waals surface area contributed by atoms with Crippen molar-refractivity contribution in [3.05, 3.63) is 23.0 Å². The van der Waals surface area contributed by atoms with Gasteiger partial charge in [0.15, 0.2) is 0 Å². The number of amides is 1. The van der Waals surface area contributed by atoms with Crippen molar-refractivity contribution in [1.82, 2.24) is 4.57 Å². The van der Waals surface area contributed by atoms with Gasteiger partial charge in [0.1, 0.15) is 0 Å². The normalized spacial score (nSPS) is 10.3. The maximum Gasteiger partial charge on any atom is 0.337 e. The molecule has 15 heavy (non-hydrogen) atoms. The van der Waals surface area contributed by atoms with Gasteiger partial charge in [-0.15, -0.1) is 0 Å². The molecule has 0 unspecified atom stereocenters. The van der Waals surface area contributed by atoms with Gasteiger partial charge in [0.05, 0.1) is 5.56 Å². The van der Waals surface area contributed by atoms with E-state index in [2.05, 4.69) is 0 Å². The first kappa shape index (κ1) is 11.3. The molecule has 0 aliphatic heterocycles. The molecule has 1 aromatic heterocycles. The molecule has 3 N–H and O–H groups in total. The zero-order chi connectivity index (χ0) is 11.6. The first-order valence-electron chi connectivity index (χ1n) is 4.61. The topological polar surface area (TPSA) is 85.3 Å². The number of aromatic nitrogens is 1. The number of hydrogen-bond acceptors (Lipinski definition) is 2. The Morgan fingerprint density at radius 2 is 2.07 bits per heavy atom. The summed E-state index contributed by atoms with van der Waals surface area (Å²) in [5, 5.41) is 8.88. The van der Waals surface area contributed by atoms with Crippen molar-refractivity contribution < 1.29 is 14.7 Å². The Bertz CT molecular complexity index is 407. The number of primary amides is 1. The maximum absolute atomic E-state index is 10.8. The van der Waals surface area contributed by atoms with E-state index in [0.29, 0.717) is 12.2 Å². The number of rotatable bonds is 4. The first-order valence-corrected chi connectivity index (χ1v) is 4.61. The molecule has 0 aliphatic carbocycles. The van der Waals surface area contributed by atoms with Crippen LogP contribution in [0, 0.1) is 13.8 Å². The monoisotopic (exact) mass is 210 g/mol. The second-order valence-corrected chi connectivity index (χ2v) is 3.46. The summed E-state index contributed by atoms with van der Waals surface area (Å²) in [4.78, 5) is 21.4. The zero-order valence-electron chi connectivity index (χ0n) is 8.78. The fourth-order valence-corrected chi connectivity index (χ4v) is 1.58. The van der Waals surface area contributed by atoms with Crippen LogP contribution in [0.4, 0.5) is 0 Å². The van der Waals surface area contributed by atoms with Gasteiger partial charge in [0.25, 0.3) is 0 Å². The molecule has 82 valence electrons. The number of hydrogen-bond donors (Lipinski definition) is 2. The molecule has 0 aliphatic rings. The molecular weight excluding hydrogens is 196 g/mol. The summed E-state index contributed by atoms with van der Waals surface area (Å²) in [6, 6.07) is 1.60. The Hall–Kier alpha value is -1.78. The quantitative estimate of drug-likeness (QED) is 0.766. The van der Waals surface area contributed by atoms with Crippen LogP contribution in [0.2, 0.25) is 0 Å². The number of carbonyl (C=O) groups is 2. The highest BCUT2D eigenvalue weighted by atomic mass is 16.4. The highest BCUT2D eigenvalue weighted by Crippen LogP contribution is 2.15. The third-order valence-electron chi connectivity index (χ3n) is 2.39. The van der Waals surface area contributed by atoms with Gasteiger partial charge in [-0.3, -0.25) is 4.79 Å².